The first-order chi connectivity index (χ1) is 6.40. The molecule has 2 rings (SSSR count). The van der Waals surface area contributed by atoms with Crippen molar-refractivity contribution in [1.82, 2.24) is 15.2 Å². The summed E-state index contributed by atoms with van der Waals surface area (Å²) >= 11 is 1.60. The van der Waals surface area contributed by atoms with Gasteiger partial charge in [-0.3, -0.25) is 5.10 Å². The molecule has 0 saturated carbocycles. The van der Waals surface area contributed by atoms with Gasteiger partial charge in [0.1, 0.15) is 10.8 Å². The number of anilines is 1. The maximum atomic E-state index is 4.18. The molecular weight excluding hydrogens is 184 g/mol. The fourth-order valence-electron chi connectivity index (χ4n) is 1.06. The van der Waals surface area contributed by atoms with Gasteiger partial charge in [0.25, 0.3) is 0 Å². The molecule has 5 heteroatoms. The zero-order valence-electron chi connectivity index (χ0n) is 7.24. The summed E-state index contributed by atoms with van der Waals surface area (Å²) in [5, 5.41) is 13.1. The van der Waals surface area contributed by atoms with Crippen LogP contribution >= 0.6 is 11.3 Å². The van der Waals surface area contributed by atoms with Gasteiger partial charge in [-0.05, 0) is 6.92 Å². The highest BCUT2D eigenvalue weighted by molar-refractivity contribution is 7.13. The van der Waals surface area contributed by atoms with Crippen LogP contribution in [0.15, 0.2) is 17.6 Å². The Morgan fingerprint density at radius 3 is 3.23 bits per heavy atom. The van der Waals surface area contributed by atoms with Crippen LogP contribution in [0.3, 0.4) is 0 Å². The summed E-state index contributed by atoms with van der Waals surface area (Å²) < 4.78 is 0. The molecule has 68 valence electrons. The topological polar surface area (TPSA) is 53.6 Å². The number of nitrogens with one attached hydrogen (secondary N) is 2. The SMILES string of the molecule is CCNc1cc(-c2nccs2)[nH]n1. The molecule has 0 amide bonds. The Kier molecular flexibility index (Phi) is 2.27. The molecule has 4 nitrogen and oxygen atoms in total. The summed E-state index contributed by atoms with van der Waals surface area (Å²) in [5.74, 6) is 0.868. The van der Waals surface area contributed by atoms with Gasteiger partial charge in [0, 0.05) is 24.2 Å². The summed E-state index contributed by atoms with van der Waals surface area (Å²) in [4.78, 5) is 4.18. The molecule has 0 aliphatic heterocycles. The molecule has 0 fully saturated rings. The van der Waals surface area contributed by atoms with Gasteiger partial charge in [-0.25, -0.2) is 4.98 Å². The normalized spacial score (nSPS) is 10.2. The summed E-state index contributed by atoms with van der Waals surface area (Å²) in [6, 6.07) is 1.96. The van der Waals surface area contributed by atoms with Crippen LogP contribution < -0.4 is 5.32 Å². The van der Waals surface area contributed by atoms with Crippen LogP contribution in [0.5, 0.6) is 0 Å². The average Bonchev–Trinajstić information content (AvgIpc) is 2.70. The predicted molar refractivity (Wildman–Crippen MR) is 53.9 cm³/mol. The minimum atomic E-state index is 0.868. The second kappa shape index (κ2) is 3.57. The molecular formula is C8H10N4S. The Morgan fingerprint density at radius 2 is 2.54 bits per heavy atom. The fraction of sp³-hybridized carbons (Fsp3) is 0.250. The molecule has 13 heavy (non-hydrogen) atoms. The first kappa shape index (κ1) is 8.25. The van der Waals surface area contributed by atoms with Crippen molar-refractivity contribution in [1.29, 1.82) is 0 Å². The molecule has 0 aliphatic rings. The van der Waals surface area contributed by atoms with E-state index >= 15 is 0 Å². The first-order valence-electron chi connectivity index (χ1n) is 4.09. The molecule has 2 N–H and O–H groups in total. The Hall–Kier alpha value is -1.36. The van der Waals surface area contributed by atoms with Crippen molar-refractivity contribution in [3.63, 3.8) is 0 Å². The second-order valence-corrected chi connectivity index (χ2v) is 3.43. The third kappa shape index (κ3) is 1.70. The van der Waals surface area contributed by atoms with E-state index < -0.39 is 0 Å². The molecule has 0 spiro atoms. The van der Waals surface area contributed by atoms with Gasteiger partial charge in [-0.1, -0.05) is 0 Å². The number of hydrogen-bond donors (Lipinski definition) is 2. The third-order valence-corrected chi connectivity index (χ3v) is 2.40. The maximum Gasteiger partial charge on any atom is 0.148 e. The zero-order chi connectivity index (χ0) is 9.10. The number of aromatic amines is 1. The minimum Gasteiger partial charge on any atom is -0.369 e. The first-order valence-corrected chi connectivity index (χ1v) is 4.97. The smallest absolute Gasteiger partial charge is 0.148 e. The highest BCUT2D eigenvalue weighted by Crippen LogP contribution is 2.21. The van der Waals surface area contributed by atoms with Crippen LogP contribution in [-0.4, -0.2) is 21.7 Å². The third-order valence-electron chi connectivity index (χ3n) is 1.60. The van der Waals surface area contributed by atoms with Gasteiger partial charge in [0.2, 0.25) is 0 Å². The van der Waals surface area contributed by atoms with Gasteiger partial charge in [0.15, 0.2) is 0 Å². The van der Waals surface area contributed by atoms with E-state index in [1.165, 1.54) is 0 Å². The average molecular weight is 194 g/mol. The van der Waals surface area contributed by atoms with Crippen LogP contribution in [-0.2, 0) is 0 Å². The lowest BCUT2D eigenvalue weighted by atomic mass is 10.4. The number of rotatable bonds is 3. The van der Waals surface area contributed by atoms with Crippen molar-refractivity contribution in [2.45, 2.75) is 6.92 Å². The van der Waals surface area contributed by atoms with Crippen LogP contribution in [0.25, 0.3) is 10.7 Å². The number of aromatic nitrogens is 3. The number of H-pyrrole nitrogens is 1. The lowest BCUT2D eigenvalue weighted by molar-refractivity contribution is 1.07. The summed E-state index contributed by atoms with van der Waals surface area (Å²) in [6.07, 6.45) is 1.79. The monoisotopic (exact) mass is 194 g/mol. The maximum absolute atomic E-state index is 4.18. The lowest BCUT2D eigenvalue weighted by Gasteiger charge is -1.92. The van der Waals surface area contributed by atoms with E-state index in [2.05, 4.69) is 20.5 Å². The highest BCUT2D eigenvalue weighted by atomic mass is 32.1. The Labute approximate surface area is 80.0 Å². The number of thiazole rings is 1. The summed E-state index contributed by atoms with van der Waals surface area (Å²) in [5.41, 5.74) is 0.964. The van der Waals surface area contributed by atoms with E-state index in [9.17, 15) is 0 Å². The summed E-state index contributed by atoms with van der Waals surface area (Å²) in [6.45, 7) is 2.92. The molecule has 2 aromatic heterocycles. The van der Waals surface area contributed by atoms with Gasteiger partial charge < -0.3 is 5.32 Å². The highest BCUT2D eigenvalue weighted by Gasteiger charge is 2.03. The van der Waals surface area contributed by atoms with Crippen LogP contribution in [0, 0.1) is 0 Å². The Balaban J connectivity index is 2.23. The van der Waals surface area contributed by atoms with Crippen molar-refractivity contribution in [3.05, 3.63) is 17.6 Å². The van der Waals surface area contributed by atoms with Gasteiger partial charge in [-0.2, -0.15) is 5.10 Å². The molecule has 0 saturated heterocycles. The van der Waals surface area contributed by atoms with E-state index in [1.54, 1.807) is 17.5 Å². The summed E-state index contributed by atoms with van der Waals surface area (Å²) in [7, 11) is 0. The number of nitrogens with zero attached hydrogens (tertiary/aromatic N) is 2. The quantitative estimate of drug-likeness (QED) is 0.785. The van der Waals surface area contributed by atoms with Crippen molar-refractivity contribution in [2.24, 2.45) is 0 Å². The molecule has 0 radical (unpaired) electrons. The van der Waals surface area contributed by atoms with Crippen LogP contribution in [0.1, 0.15) is 6.92 Å². The lowest BCUT2D eigenvalue weighted by Crippen LogP contribution is -1.95. The molecule has 0 unspecified atom stereocenters. The zero-order valence-corrected chi connectivity index (χ0v) is 8.06. The molecule has 0 bridgehead atoms. The van der Waals surface area contributed by atoms with E-state index in [0.717, 1.165) is 23.1 Å². The van der Waals surface area contributed by atoms with Gasteiger partial charge in [0.05, 0.1) is 5.69 Å². The Bertz CT molecular complexity index is 365. The second-order valence-electron chi connectivity index (χ2n) is 2.53. The van der Waals surface area contributed by atoms with Crippen molar-refractivity contribution in [2.75, 3.05) is 11.9 Å². The number of hydrogen-bond acceptors (Lipinski definition) is 4. The fourth-order valence-corrected chi connectivity index (χ4v) is 1.66. The molecule has 0 atom stereocenters. The van der Waals surface area contributed by atoms with E-state index in [4.69, 9.17) is 0 Å². The molecule has 2 heterocycles. The van der Waals surface area contributed by atoms with E-state index in [0.29, 0.717) is 0 Å². The molecule has 2 aromatic rings. The predicted octanol–water partition coefficient (Wildman–Crippen LogP) is 1.96. The Morgan fingerprint density at radius 1 is 1.62 bits per heavy atom. The van der Waals surface area contributed by atoms with E-state index in [1.807, 2.05) is 18.4 Å². The molecule has 0 aliphatic carbocycles. The van der Waals surface area contributed by atoms with E-state index in [-0.39, 0.29) is 0 Å². The van der Waals surface area contributed by atoms with Gasteiger partial charge in [-0.15, -0.1) is 11.3 Å². The minimum absolute atomic E-state index is 0.868. The molecule has 0 aromatic carbocycles. The largest absolute Gasteiger partial charge is 0.369 e. The van der Waals surface area contributed by atoms with Crippen LogP contribution in [0.4, 0.5) is 5.82 Å². The van der Waals surface area contributed by atoms with Crippen molar-refractivity contribution in [3.8, 4) is 10.7 Å². The van der Waals surface area contributed by atoms with Crippen molar-refractivity contribution >= 4 is 17.2 Å². The van der Waals surface area contributed by atoms with Crippen LogP contribution in [0.2, 0.25) is 0 Å². The van der Waals surface area contributed by atoms with Gasteiger partial charge >= 0.3 is 0 Å². The standard InChI is InChI=1S/C8H10N4S/c1-2-9-7-5-6(11-12-7)8-10-3-4-13-8/h3-5H,2H2,1H3,(H2,9,11,12). The van der Waals surface area contributed by atoms with Crippen molar-refractivity contribution < 1.29 is 0 Å².